The third-order valence-electron chi connectivity index (χ3n) is 3.48. The molecule has 1 unspecified atom stereocenters. The van der Waals surface area contributed by atoms with Crippen LogP contribution in [-0.4, -0.2) is 41.1 Å². The largest absolute Gasteiger partial charge is 0.364 e. The van der Waals surface area contributed by atoms with E-state index in [-0.39, 0.29) is 5.91 Å². The molecule has 1 aromatic heterocycles. The van der Waals surface area contributed by atoms with Gasteiger partial charge in [0.25, 0.3) is 5.91 Å². The van der Waals surface area contributed by atoms with E-state index in [9.17, 15) is 4.79 Å². The lowest BCUT2D eigenvalue weighted by molar-refractivity contribution is 0.0718. The maximum absolute atomic E-state index is 12.3. The molecule has 1 aliphatic heterocycles. The Morgan fingerprint density at radius 2 is 2.41 bits per heavy atom. The number of carbonyl (C=O) groups excluding carboxylic acids is 1. The van der Waals surface area contributed by atoms with Gasteiger partial charge in [-0.3, -0.25) is 4.79 Å². The quantitative estimate of drug-likeness (QED) is 0.847. The molecule has 1 aliphatic carbocycles. The molecule has 2 heterocycles. The van der Waals surface area contributed by atoms with Crippen LogP contribution in [0.25, 0.3) is 0 Å². The number of amides is 1. The Morgan fingerprint density at radius 1 is 1.53 bits per heavy atom. The smallest absolute Gasteiger partial charge is 0.276 e. The Hall–Kier alpha value is -1.36. The first-order valence-corrected chi connectivity index (χ1v) is 6.29. The molecule has 5 nitrogen and oxygen atoms in total. The Bertz CT molecular complexity index is 380. The molecule has 1 saturated heterocycles. The van der Waals surface area contributed by atoms with Crippen LogP contribution in [0.3, 0.4) is 0 Å². The van der Waals surface area contributed by atoms with E-state index in [1.54, 1.807) is 6.07 Å². The summed E-state index contributed by atoms with van der Waals surface area (Å²) in [6.07, 6.45) is 6.06. The van der Waals surface area contributed by atoms with Gasteiger partial charge in [-0.25, -0.2) is 0 Å². The Labute approximate surface area is 100 Å². The minimum absolute atomic E-state index is 0.00921. The molecule has 0 spiro atoms. The lowest BCUT2D eigenvalue weighted by Gasteiger charge is -2.24. The molecule has 17 heavy (non-hydrogen) atoms. The first kappa shape index (κ1) is 10.8. The first-order valence-electron chi connectivity index (χ1n) is 6.29. The molecular formula is C12H17N3O2. The van der Waals surface area contributed by atoms with Crippen molar-refractivity contribution >= 4 is 5.91 Å². The summed E-state index contributed by atoms with van der Waals surface area (Å²) in [5.41, 5.74) is 0.426. The lowest BCUT2D eigenvalue weighted by atomic mass is 10.2. The summed E-state index contributed by atoms with van der Waals surface area (Å²) in [4.78, 5) is 14.2. The van der Waals surface area contributed by atoms with Gasteiger partial charge in [0.05, 0.1) is 0 Å². The molecule has 1 atom stereocenters. The monoisotopic (exact) mass is 235 g/mol. The Morgan fingerprint density at radius 3 is 3.00 bits per heavy atom. The molecule has 2 fully saturated rings. The number of rotatable bonds is 4. The van der Waals surface area contributed by atoms with E-state index >= 15 is 0 Å². The van der Waals surface area contributed by atoms with Crippen molar-refractivity contribution < 1.29 is 9.32 Å². The van der Waals surface area contributed by atoms with Gasteiger partial charge < -0.3 is 14.7 Å². The van der Waals surface area contributed by atoms with Crippen molar-refractivity contribution in [1.29, 1.82) is 0 Å². The summed E-state index contributed by atoms with van der Waals surface area (Å²) < 4.78 is 4.74. The van der Waals surface area contributed by atoms with Gasteiger partial charge in [-0.1, -0.05) is 5.16 Å². The van der Waals surface area contributed by atoms with Gasteiger partial charge in [0, 0.05) is 24.7 Å². The van der Waals surface area contributed by atoms with Gasteiger partial charge in [-0.2, -0.15) is 0 Å². The molecule has 0 radical (unpaired) electrons. The summed E-state index contributed by atoms with van der Waals surface area (Å²) in [7, 11) is 0. The number of aromatic nitrogens is 1. The van der Waals surface area contributed by atoms with Crippen molar-refractivity contribution in [2.75, 3.05) is 13.1 Å². The first-order chi connectivity index (χ1) is 8.34. The molecule has 1 aromatic rings. The molecule has 2 aliphatic rings. The van der Waals surface area contributed by atoms with Crippen LogP contribution < -0.4 is 5.32 Å². The van der Waals surface area contributed by atoms with E-state index in [0.29, 0.717) is 17.8 Å². The Kier molecular flexibility index (Phi) is 2.84. The normalized spacial score (nSPS) is 23.9. The molecule has 92 valence electrons. The second-order valence-corrected chi connectivity index (χ2v) is 4.87. The summed E-state index contributed by atoms with van der Waals surface area (Å²) in [6, 6.07) is 2.51. The van der Waals surface area contributed by atoms with Gasteiger partial charge >= 0.3 is 0 Å². The summed E-state index contributed by atoms with van der Waals surface area (Å²) >= 11 is 0. The van der Waals surface area contributed by atoms with E-state index in [1.807, 2.05) is 4.90 Å². The SMILES string of the molecule is O=C(c1ccon1)N(CC1CCCN1)C1CC1. The van der Waals surface area contributed by atoms with Crippen LogP contribution >= 0.6 is 0 Å². The molecule has 0 bridgehead atoms. The van der Waals surface area contributed by atoms with Gasteiger partial charge in [-0.05, 0) is 32.2 Å². The van der Waals surface area contributed by atoms with Gasteiger partial charge in [0.15, 0.2) is 5.69 Å². The van der Waals surface area contributed by atoms with Gasteiger partial charge in [-0.15, -0.1) is 0 Å². The fourth-order valence-corrected chi connectivity index (χ4v) is 2.40. The van der Waals surface area contributed by atoms with Crippen molar-refractivity contribution in [2.45, 2.75) is 37.8 Å². The maximum Gasteiger partial charge on any atom is 0.276 e. The van der Waals surface area contributed by atoms with Crippen LogP contribution in [0.1, 0.15) is 36.2 Å². The number of nitrogens with zero attached hydrogens (tertiary/aromatic N) is 2. The van der Waals surface area contributed by atoms with E-state index in [1.165, 1.54) is 12.7 Å². The summed E-state index contributed by atoms with van der Waals surface area (Å²) in [5, 5.41) is 7.17. The Balaban J connectivity index is 1.69. The van der Waals surface area contributed by atoms with Crippen LogP contribution in [0.4, 0.5) is 0 Å². The van der Waals surface area contributed by atoms with Crippen molar-refractivity contribution in [3.63, 3.8) is 0 Å². The predicted octanol–water partition coefficient (Wildman–Crippen LogP) is 1.03. The van der Waals surface area contributed by atoms with E-state index in [4.69, 9.17) is 4.52 Å². The molecule has 5 heteroatoms. The molecule has 3 rings (SSSR count). The highest BCUT2D eigenvalue weighted by Crippen LogP contribution is 2.28. The zero-order chi connectivity index (χ0) is 11.7. The zero-order valence-electron chi connectivity index (χ0n) is 9.76. The fourth-order valence-electron chi connectivity index (χ4n) is 2.40. The highest BCUT2D eigenvalue weighted by Gasteiger charge is 2.35. The van der Waals surface area contributed by atoms with Crippen LogP contribution in [0, 0.1) is 0 Å². The average Bonchev–Trinajstić information content (AvgIpc) is 2.86. The lowest BCUT2D eigenvalue weighted by Crippen LogP contribution is -2.42. The second-order valence-electron chi connectivity index (χ2n) is 4.87. The standard InChI is InChI=1S/C12H17N3O2/c16-12(11-5-7-17-14-11)15(10-3-4-10)8-9-2-1-6-13-9/h5,7,9-10,13H,1-4,6,8H2. The fraction of sp³-hybridized carbons (Fsp3) is 0.667. The highest BCUT2D eigenvalue weighted by molar-refractivity contribution is 5.92. The number of hydrogen-bond donors (Lipinski definition) is 1. The topological polar surface area (TPSA) is 58.4 Å². The number of hydrogen-bond acceptors (Lipinski definition) is 4. The third kappa shape index (κ3) is 2.34. The van der Waals surface area contributed by atoms with Crippen LogP contribution in [0.2, 0.25) is 0 Å². The van der Waals surface area contributed by atoms with Crippen LogP contribution in [0.5, 0.6) is 0 Å². The highest BCUT2D eigenvalue weighted by atomic mass is 16.5. The van der Waals surface area contributed by atoms with Crippen LogP contribution in [-0.2, 0) is 0 Å². The summed E-state index contributed by atoms with van der Waals surface area (Å²) in [5.74, 6) is 0.00921. The van der Waals surface area contributed by atoms with Crippen molar-refractivity contribution in [3.05, 3.63) is 18.0 Å². The zero-order valence-corrected chi connectivity index (χ0v) is 9.76. The summed E-state index contributed by atoms with van der Waals surface area (Å²) in [6.45, 7) is 1.87. The van der Waals surface area contributed by atoms with Gasteiger partial charge in [0.1, 0.15) is 6.26 Å². The molecule has 1 N–H and O–H groups in total. The minimum atomic E-state index is 0.00921. The average molecular weight is 235 g/mol. The van der Waals surface area contributed by atoms with Crippen molar-refractivity contribution in [2.24, 2.45) is 0 Å². The van der Waals surface area contributed by atoms with E-state index in [0.717, 1.165) is 32.4 Å². The number of carbonyl (C=O) groups is 1. The minimum Gasteiger partial charge on any atom is -0.364 e. The van der Waals surface area contributed by atoms with E-state index < -0.39 is 0 Å². The maximum atomic E-state index is 12.3. The molecule has 0 aromatic carbocycles. The van der Waals surface area contributed by atoms with Crippen molar-refractivity contribution in [1.82, 2.24) is 15.4 Å². The van der Waals surface area contributed by atoms with E-state index in [2.05, 4.69) is 10.5 Å². The molecule has 1 amide bonds. The number of nitrogens with one attached hydrogen (secondary N) is 1. The predicted molar refractivity (Wildman–Crippen MR) is 61.6 cm³/mol. The molecule has 1 saturated carbocycles. The van der Waals surface area contributed by atoms with Gasteiger partial charge in [0.2, 0.25) is 0 Å². The second kappa shape index (κ2) is 4.49. The van der Waals surface area contributed by atoms with Crippen LogP contribution in [0.15, 0.2) is 16.9 Å². The third-order valence-corrected chi connectivity index (χ3v) is 3.48. The van der Waals surface area contributed by atoms with Crippen molar-refractivity contribution in [3.8, 4) is 0 Å². The molecular weight excluding hydrogens is 218 g/mol.